The number of carbonyl (C=O) groups is 2. The molecule has 4 fully saturated rings. The summed E-state index contributed by atoms with van der Waals surface area (Å²) in [4.78, 5) is 24.1. The van der Waals surface area contributed by atoms with Crippen molar-refractivity contribution in [1.29, 1.82) is 0 Å². The third-order valence-corrected chi connectivity index (χ3v) is 10.1. The summed E-state index contributed by atoms with van der Waals surface area (Å²) in [5.74, 6) is 1.60. The average molecular weight is 575 g/mol. The summed E-state index contributed by atoms with van der Waals surface area (Å²) in [6, 6.07) is -0.799. The Morgan fingerprint density at radius 3 is 2.34 bits per heavy atom. The van der Waals surface area contributed by atoms with E-state index >= 15 is 0 Å². The molecule has 2 bridgehead atoms. The van der Waals surface area contributed by atoms with E-state index in [1.165, 1.54) is 38.5 Å². The quantitative estimate of drug-likeness (QED) is 0.114. The molecule has 3 aliphatic carbocycles. The molecule has 0 aromatic carbocycles. The van der Waals surface area contributed by atoms with Crippen LogP contribution in [0.15, 0.2) is 12.3 Å². The molecule has 3 amide bonds. The Hall–Kier alpha value is -1.74. The van der Waals surface area contributed by atoms with Crippen molar-refractivity contribution in [2.45, 2.75) is 149 Å². The Kier molecular flexibility index (Phi) is 12.5. The lowest BCUT2D eigenvalue weighted by Crippen LogP contribution is -2.65. The number of amides is 3. The molecule has 5 N–H and O–H groups in total. The molecule has 8 nitrogen and oxygen atoms in total. The minimum Gasteiger partial charge on any atom is -0.404 e. The van der Waals surface area contributed by atoms with Crippen LogP contribution in [0, 0.1) is 23.2 Å². The summed E-state index contributed by atoms with van der Waals surface area (Å²) in [6.45, 7) is 18.5. The van der Waals surface area contributed by atoms with Gasteiger partial charge in [-0.1, -0.05) is 79.7 Å². The summed E-state index contributed by atoms with van der Waals surface area (Å²) in [5.41, 5.74) is 6.03. The third-order valence-electron chi connectivity index (χ3n) is 10.1. The van der Waals surface area contributed by atoms with Crippen molar-refractivity contribution in [2.24, 2.45) is 28.9 Å². The molecule has 0 spiro atoms. The van der Waals surface area contributed by atoms with Crippen molar-refractivity contribution in [3.05, 3.63) is 12.3 Å². The van der Waals surface area contributed by atoms with E-state index in [0.717, 1.165) is 31.4 Å². The number of carbonyl (C=O) groups excluding carboxylic acids is 2. The van der Waals surface area contributed by atoms with Gasteiger partial charge in [-0.3, -0.25) is 4.79 Å². The van der Waals surface area contributed by atoms with Crippen LogP contribution in [-0.4, -0.2) is 49.3 Å². The lowest BCUT2D eigenvalue weighted by Gasteiger charge is -2.64. The maximum Gasteiger partial charge on any atom is 0.481 e. The number of nitrogens with one attached hydrogen (secondary N) is 3. The van der Waals surface area contributed by atoms with Crippen LogP contribution in [-0.2, 0) is 14.1 Å². The predicted octanol–water partition coefficient (Wildman–Crippen LogP) is 5.85. The standard InChI is InChI=1S/C32H59BN4O4/c1-8-9-10-11-12-13-14-17-29(38)37-25(16-15-18-35-30(34)39)23(4)36-28(19-22(2)3)33-40-27-21-24-20-26(31(24,5)6)32(27,7)41-33/h22,24-28,36H,4,8-21H2,1-3,5-7H3,(H,37,38)(H3,34,35,39)/t24-,25-,26-,27+,28-,32-/m0/s1. The van der Waals surface area contributed by atoms with Gasteiger partial charge in [-0.05, 0) is 68.6 Å². The number of rotatable bonds is 19. The van der Waals surface area contributed by atoms with Gasteiger partial charge in [0.25, 0.3) is 0 Å². The first-order valence-electron chi connectivity index (χ1n) is 16.5. The lowest BCUT2D eigenvalue weighted by atomic mass is 9.43. The second kappa shape index (κ2) is 15.1. The SMILES string of the molecule is C=C(N[C@@H](CC(C)C)B1O[C@@H]2C[C@@H]3C[C@@H](C3(C)C)[C@]2(C)O1)[C@H](CCCNC(N)=O)NC(=O)CCCCCCCCC. The fourth-order valence-electron chi connectivity index (χ4n) is 7.52. The smallest absolute Gasteiger partial charge is 0.404 e. The van der Waals surface area contributed by atoms with E-state index in [9.17, 15) is 9.59 Å². The summed E-state index contributed by atoms with van der Waals surface area (Å²) in [7, 11) is -0.361. The first kappa shape index (κ1) is 33.8. The number of primary amides is 1. The number of nitrogens with two attached hydrogens (primary N) is 1. The van der Waals surface area contributed by atoms with Gasteiger partial charge in [0.05, 0.1) is 23.7 Å². The summed E-state index contributed by atoms with van der Waals surface area (Å²) < 4.78 is 13.5. The second-order valence-electron chi connectivity index (χ2n) is 14.2. The maximum absolute atomic E-state index is 12.9. The maximum atomic E-state index is 12.9. The van der Waals surface area contributed by atoms with Crippen molar-refractivity contribution >= 4 is 19.1 Å². The van der Waals surface area contributed by atoms with Gasteiger partial charge >= 0.3 is 13.1 Å². The molecule has 9 heteroatoms. The number of unbranched alkanes of at least 4 members (excludes halogenated alkanes) is 6. The minimum absolute atomic E-state index is 0.0451. The van der Waals surface area contributed by atoms with Crippen LogP contribution >= 0.6 is 0 Å². The zero-order chi connectivity index (χ0) is 30.2. The molecule has 3 saturated carbocycles. The lowest BCUT2D eigenvalue weighted by molar-refractivity contribution is -0.199. The molecule has 1 heterocycles. The Morgan fingerprint density at radius 2 is 1.71 bits per heavy atom. The zero-order valence-corrected chi connectivity index (χ0v) is 26.9. The highest BCUT2D eigenvalue weighted by molar-refractivity contribution is 6.47. The van der Waals surface area contributed by atoms with E-state index < -0.39 is 6.03 Å². The van der Waals surface area contributed by atoms with E-state index in [0.29, 0.717) is 43.6 Å². The highest BCUT2D eigenvalue weighted by atomic mass is 16.7. The fourth-order valence-corrected chi connectivity index (χ4v) is 7.52. The molecule has 4 aliphatic rings. The van der Waals surface area contributed by atoms with Crippen LogP contribution in [0.5, 0.6) is 0 Å². The summed E-state index contributed by atoms with van der Waals surface area (Å²) >= 11 is 0. The third kappa shape index (κ3) is 8.88. The molecule has 4 rings (SSSR count). The van der Waals surface area contributed by atoms with Crippen LogP contribution < -0.4 is 21.7 Å². The molecular weight excluding hydrogens is 515 g/mol. The first-order valence-corrected chi connectivity index (χ1v) is 16.5. The van der Waals surface area contributed by atoms with Crippen LogP contribution in [0.2, 0.25) is 0 Å². The molecule has 1 aliphatic heterocycles. The number of hydrogen-bond donors (Lipinski definition) is 4. The molecular formula is C32H59BN4O4. The van der Waals surface area contributed by atoms with Gasteiger partial charge in [-0.15, -0.1) is 0 Å². The van der Waals surface area contributed by atoms with Crippen molar-refractivity contribution in [3.63, 3.8) is 0 Å². The van der Waals surface area contributed by atoms with Gasteiger partial charge in [-0.25, -0.2) is 4.79 Å². The van der Waals surface area contributed by atoms with Gasteiger partial charge in [0, 0.05) is 18.7 Å². The molecule has 0 radical (unpaired) electrons. The minimum atomic E-state index is -0.537. The van der Waals surface area contributed by atoms with Gasteiger partial charge in [0.15, 0.2) is 0 Å². The topological polar surface area (TPSA) is 115 Å². The Labute approximate surface area is 250 Å². The van der Waals surface area contributed by atoms with Crippen LogP contribution in [0.3, 0.4) is 0 Å². The van der Waals surface area contributed by atoms with E-state index in [-0.39, 0.29) is 42.1 Å². The zero-order valence-electron chi connectivity index (χ0n) is 26.9. The van der Waals surface area contributed by atoms with Gasteiger partial charge in [0.2, 0.25) is 5.91 Å². The Morgan fingerprint density at radius 1 is 1.02 bits per heavy atom. The predicted molar refractivity (Wildman–Crippen MR) is 167 cm³/mol. The Bertz CT molecular complexity index is 884. The summed E-state index contributed by atoms with van der Waals surface area (Å²) in [6.07, 6.45) is 13.3. The molecule has 234 valence electrons. The van der Waals surface area contributed by atoms with E-state index in [1.54, 1.807) is 0 Å². The van der Waals surface area contributed by atoms with E-state index in [4.69, 9.17) is 15.0 Å². The van der Waals surface area contributed by atoms with Crippen LogP contribution in [0.1, 0.15) is 125 Å². The first-order chi connectivity index (χ1) is 19.4. The molecule has 6 atom stereocenters. The van der Waals surface area contributed by atoms with Crippen molar-refractivity contribution < 1.29 is 18.9 Å². The molecule has 41 heavy (non-hydrogen) atoms. The number of hydrogen-bond acceptors (Lipinski definition) is 5. The van der Waals surface area contributed by atoms with Crippen molar-refractivity contribution in [3.8, 4) is 0 Å². The normalized spacial score (nSPS) is 27.5. The summed E-state index contributed by atoms with van der Waals surface area (Å²) in [5, 5.41) is 9.52. The Balaban J connectivity index is 1.60. The van der Waals surface area contributed by atoms with Crippen molar-refractivity contribution in [1.82, 2.24) is 16.0 Å². The van der Waals surface area contributed by atoms with E-state index in [1.807, 2.05) is 0 Å². The highest BCUT2D eigenvalue weighted by Gasteiger charge is 2.68. The highest BCUT2D eigenvalue weighted by Crippen LogP contribution is 2.65. The average Bonchev–Trinajstić information content (AvgIpc) is 3.26. The van der Waals surface area contributed by atoms with Crippen LogP contribution in [0.4, 0.5) is 4.79 Å². The molecule has 0 unspecified atom stereocenters. The van der Waals surface area contributed by atoms with Gasteiger partial charge in [0.1, 0.15) is 0 Å². The van der Waals surface area contributed by atoms with Gasteiger partial charge in [-0.2, -0.15) is 0 Å². The van der Waals surface area contributed by atoms with Crippen molar-refractivity contribution in [2.75, 3.05) is 6.54 Å². The van der Waals surface area contributed by atoms with Gasteiger partial charge < -0.3 is 31.0 Å². The molecule has 0 aromatic heterocycles. The fraction of sp³-hybridized carbons (Fsp3) is 0.875. The number of urea groups is 1. The monoisotopic (exact) mass is 574 g/mol. The molecule has 0 aromatic rings. The largest absolute Gasteiger partial charge is 0.481 e. The molecule has 1 saturated heterocycles. The van der Waals surface area contributed by atoms with E-state index in [2.05, 4.69) is 64.1 Å². The second-order valence-corrected chi connectivity index (χ2v) is 14.2. The van der Waals surface area contributed by atoms with Crippen LogP contribution in [0.25, 0.3) is 0 Å².